The van der Waals surface area contributed by atoms with E-state index < -0.39 is 10.8 Å². The van der Waals surface area contributed by atoms with Crippen molar-refractivity contribution in [1.82, 2.24) is 4.57 Å². The van der Waals surface area contributed by atoms with E-state index >= 15 is 0 Å². The maximum Gasteiger partial charge on any atom is 0.311 e. The largest absolute Gasteiger partial charge is 0.465 e. The van der Waals surface area contributed by atoms with Gasteiger partial charge in [0.25, 0.3) is 5.56 Å². The van der Waals surface area contributed by atoms with Gasteiger partial charge in [-0.2, -0.15) is 0 Å². The van der Waals surface area contributed by atoms with Gasteiger partial charge in [0, 0.05) is 29.3 Å². The minimum Gasteiger partial charge on any atom is -0.465 e. The van der Waals surface area contributed by atoms with Crippen molar-refractivity contribution in [2.75, 3.05) is 6.61 Å². The normalized spacial score (nSPS) is 14.5. The lowest BCUT2D eigenvalue weighted by molar-refractivity contribution is -0.156. The lowest BCUT2D eigenvalue weighted by Gasteiger charge is -2.28. The summed E-state index contributed by atoms with van der Waals surface area (Å²) < 4.78 is 7.98. The van der Waals surface area contributed by atoms with E-state index in [-0.39, 0.29) is 18.1 Å². The molecule has 0 unspecified atom stereocenters. The average molecular weight is 424 g/mol. The Bertz CT molecular complexity index is 812. The van der Waals surface area contributed by atoms with Crippen LogP contribution in [0.2, 0.25) is 0 Å². The van der Waals surface area contributed by atoms with Crippen molar-refractivity contribution in [3.8, 4) is 0 Å². The summed E-state index contributed by atoms with van der Waals surface area (Å²) in [6.45, 7) is 9.85. The lowest BCUT2D eigenvalue weighted by atomic mass is 9.92. The Morgan fingerprint density at radius 1 is 1.27 bits per heavy atom. The third kappa shape index (κ3) is 4.72. The third-order valence-electron chi connectivity index (χ3n) is 4.30. The summed E-state index contributed by atoms with van der Waals surface area (Å²) in [4.78, 5) is 36.4. The number of hydrogen-bond donors (Lipinski definition) is 0. The summed E-state index contributed by atoms with van der Waals surface area (Å²) in [5.74, 6) is -0.271. The molecule has 6 heteroatoms. The van der Waals surface area contributed by atoms with Crippen LogP contribution in [-0.4, -0.2) is 23.4 Å². The standard InChI is InChI=1S/C20H26BrNO4/c1-19(2,3)18(25)26-12-20(4,5)11-22-9-13(10-23)16-8-14(21)6-7-15(16)17(22)24/h8-10H,6-7,11-12H2,1-5H3. The molecule has 0 aliphatic heterocycles. The summed E-state index contributed by atoms with van der Waals surface area (Å²) in [6.07, 6.45) is 5.58. The van der Waals surface area contributed by atoms with E-state index in [1.54, 1.807) is 31.5 Å². The molecule has 1 aromatic heterocycles. The summed E-state index contributed by atoms with van der Waals surface area (Å²) in [7, 11) is 0. The van der Waals surface area contributed by atoms with Crippen molar-refractivity contribution in [2.45, 2.75) is 54.0 Å². The number of pyridine rings is 1. The fourth-order valence-electron chi connectivity index (χ4n) is 2.84. The second kappa shape index (κ2) is 7.51. The quantitative estimate of drug-likeness (QED) is 0.530. The fraction of sp³-hybridized carbons (Fsp3) is 0.550. The van der Waals surface area contributed by atoms with Gasteiger partial charge in [-0.05, 0) is 49.7 Å². The molecule has 2 rings (SSSR count). The number of esters is 1. The van der Waals surface area contributed by atoms with Crippen molar-refractivity contribution in [1.29, 1.82) is 0 Å². The Morgan fingerprint density at radius 3 is 2.50 bits per heavy atom. The van der Waals surface area contributed by atoms with Crippen molar-refractivity contribution in [2.24, 2.45) is 10.8 Å². The molecule has 0 radical (unpaired) electrons. The Hall–Kier alpha value is -1.69. The van der Waals surface area contributed by atoms with Gasteiger partial charge in [-0.25, -0.2) is 0 Å². The number of allylic oxidation sites excluding steroid dienone is 1. The maximum absolute atomic E-state index is 12.9. The number of rotatable bonds is 5. The number of nitrogens with zero attached hydrogens (tertiary/aromatic N) is 1. The lowest BCUT2D eigenvalue weighted by Crippen LogP contribution is -2.36. The van der Waals surface area contributed by atoms with Gasteiger partial charge in [0.1, 0.15) is 0 Å². The number of halogens is 1. The number of carbonyl (C=O) groups is 2. The van der Waals surface area contributed by atoms with Gasteiger partial charge in [0.2, 0.25) is 0 Å². The van der Waals surface area contributed by atoms with E-state index in [2.05, 4.69) is 15.9 Å². The number of fused-ring (bicyclic) bond motifs is 1. The summed E-state index contributed by atoms with van der Waals surface area (Å²) in [6, 6.07) is 0. The Morgan fingerprint density at radius 2 is 1.92 bits per heavy atom. The van der Waals surface area contributed by atoms with E-state index in [9.17, 15) is 14.4 Å². The van der Waals surface area contributed by atoms with E-state index in [0.29, 0.717) is 29.7 Å². The van der Waals surface area contributed by atoms with Gasteiger partial charge >= 0.3 is 5.97 Å². The number of aldehydes is 1. The first-order valence-corrected chi connectivity index (χ1v) is 9.49. The Labute approximate surface area is 162 Å². The fourth-order valence-corrected chi connectivity index (χ4v) is 3.27. The molecule has 142 valence electrons. The summed E-state index contributed by atoms with van der Waals surface area (Å²) >= 11 is 3.45. The van der Waals surface area contributed by atoms with Gasteiger partial charge in [0.05, 0.1) is 12.0 Å². The first kappa shape index (κ1) is 20.6. The highest BCUT2D eigenvalue weighted by molar-refractivity contribution is 9.11. The molecule has 1 heterocycles. The van der Waals surface area contributed by atoms with Crippen LogP contribution in [0.5, 0.6) is 0 Å². The number of aromatic nitrogens is 1. The smallest absolute Gasteiger partial charge is 0.311 e. The molecule has 0 saturated carbocycles. The molecule has 0 amide bonds. The molecular formula is C20H26BrNO4. The van der Waals surface area contributed by atoms with E-state index in [1.165, 1.54) is 0 Å². The Kier molecular flexibility index (Phi) is 5.95. The molecule has 1 aliphatic rings. The zero-order chi connectivity index (χ0) is 19.7. The summed E-state index contributed by atoms with van der Waals surface area (Å²) in [5, 5.41) is 0. The van der Waals surface area contributed by atoms with Gasteiger partial charge in [-0.1, -0.05) is 29.8 Å². The van der Waals surface area contributed by atoms with E-state index in [4.69, 9.17) is 4.74 Å². The molecular weight excluding hydrogens is 398 g/mol. The van der Waals surface area contributed by atoms with Crippen molar-refractivity contribution >= 4 is 34.3 Å². The van der Waals surface area contributed by atoms with Crippen molar-refractivity contribution in [3.63, 3.8) is 0 Å². The zero-order valence-electron chi connectivity index (χ0n) is 16.0. The van der Waals surface area contributed by atoms with Crippen molar-refractivity contribution < 1.29 is 14.3 Å². The second-order valence-corrected chi connectivity index (χ2v) is 9.63. The van der Waals surface area contributed by atoms with Crippen LogP contribution < -0.4 is 5.56 Å². The molecule has 1 aromatic rings. The highest BCUT2D eigenvalue weighted by Gasteiger charge is 2.28. The molecule has 0 bridgehead atoms. The van der Waals surface area contributed by atoms with Crippen LogP contribution in [0.15, 0.2) is 15.5 Å². The molecule has 0 aromatic carbocycles. The molecule has 0 spiro atoms. The molecule has 0 atom stereocenters. The number of hydrogen-bond acceptors (Lipinski definition) is 4. The molecule has 0 saturated heterocycles. The van der Waals surface area contributed by atoms with Crippen LogP contribution in [-0.2, 0) is 22.5 Å². The van der Waals surface area contributed by atoms with E-state index in [1.807, 2.05) is 19.9 Å². The zero-order valence-corrected chi connectivity index (χ0v) is 17.6. The van der Waals surface area contributed by atoms with Gasteiger partial charge < -0.3 is 9.30 Å². The highest BCUT2D eigenvalue weighted by Crippen LogP contribution is 2.28. The van der Waals surface area contributed by atoms with E-state index in [0.717, 1.165) is 17.2 Å². The number of carbonyl (C=O) groups excluding carboxylic acids is 2. The minimum atomic E-state index is -0.566. The molecule has 5 nitrogen and oxygen atoms in total. The van der Waals surface area contributed by atoms with Crippen LogP contribution in [0.25, 0.3) is 6.08 Å². The monoisotopic (exact) mass is 423 g/mol. The Balaban J connectivity index is 2.28. The molecule has 0 fully saturated rings. The van der Waals surface area contributed by atoms with Crippen LogP contribution in [0, 0.1) is 10.8 Å². The first-order valence-electron chi connectivity index (χ1n) is 8.69. The second-order valence-electron chi connectivity index (χ2n) is 8.61. The maximum atomic E-state index is 12.9. The first-order chi connectivity index (χ1) is 11.9. The SMILES string of the molecule is CC(C)(COC(=O)C(C)(C)C)Cn1cc(C=O)c2c(c1=O)CCC(Br)=C2. The topological polar surface area (TPSA) is 65.4 Å². The van der Waals surface area contributed by atoms with Gasteiger partial charge in [-0.3, -0.25) is 14.4 Å². The highest BCUT2D eigenvalue weighted by atomic mass is 79.9. The van der Waals surface area contributed by atoms with Gasteiger partial charge in [0.15, 0.2) is 6.29 Å². The van der Waals surface area contributed by atoms with Crippen LogP contribution >= 0.6 is 15.9 Å². The van der Waals surface area contributed by atoms with Gasteiger partial charge in [-0.15, -0.1) is 0 Å². The molecule has 26 heavy (non-hydrogen) atoms. The van der Waals surface area contributed by atoms with Crippen LogP contribution in [0.3, 0.4) is 0 Å². The van der Waals surface area contributed by atoms with Crippen molar-refractivity contribution in [3.05, 3.63) is 37.7 Å². The average Bonchev–Trinajstić information content (AvgIpc) is 2.54. The number of ether oxygens (including phenoxy) is 1. The third-order valence-corrected chi connectivity index (χ3v) is 4.92. The summed E-state index contributed by atoms with van der Waals surface area (Å²) in [5.41, 5.74) is 0.778. The molecule has 0 N–H and O–H groups in total. The predicted molar refractivity (Wildman–Crippen MR) is 106 cm³/mol. The minimum absolute atomic E-state index is 0.0860. The van der Waals surface area contributed by atoms with Crippen LogP contribution in [0.4, 0.5) is 0 Å². The molecule has 1 aliphatic carbocycles. The van der Waals surface area contributed by atoms with Crippen LogP contribution in [0.1, 0.15) is 62.5 Å². The predicted octanol–water partition coefficient (Wildman–Crippen LogP) is 3.96.